The van der Waals surface area contributed by atoms with Crippen molar-refractivity contribution in [2.45, 2.75) is 31.8 Å². The van der Waals surface area contributed by atoms with Crippen molar-refractivity contribution in [3.8, 4) is 0 Å². The standard InChI is InChI=1S/C26H27NO7/c1-31-11-10-27-26(30)23-12-19(21-16-32-22-5-3-2-4-20(22)25(21)29)13-24(34-23)33-15-18-8-6-17(14-28)7-9-18/h2-9,12,16,19,24,28H,10-11,13-15H2,1H3,(H,27,30). The van der Waals surface area contributed by atoms with Crippen LogP contribution in [0, 0.1) is 0 Å². The average Bonchev–Trinajstić information content (AvgIpc) is 2.88. The summed E-state index contributed by atoms with van der Waals surface area (Å²) < 4.78 is 22.5. The van der Waals surface area contributed by atoms with E-state index in [0.717, 1.165) is 11.1 Å². The van der Waals surface area contributed by atoms with Gasteiger partial charge in [0.15, 0.2) is 11.2 Å². The molecule has 34 heavy (non-hydrogen) atoms. The zero-order valence-electron chi connectivity index (χ0n) is 18.9. The Labute approximate surface area is 196 Å². The van der Waals surface area contributed by atoms with Gasteiger partial charge in [-0.1, -0.05) is 36.4 Å². The van der Waals surface area contributed by atoms with E-state index in [2.05, 4.69) is 5.32 Å². The summed E-state index contributed by atoms with van der Waals surface area (Å²) in [6, 6.07) is 14.4. The quantitative estimate of drug-likeness (QED) is 0.468. The fourth-order valence-electron chi connectivity index (χ4n) is 3.77. The van der Waals surface area contributed by atoms with E-state index in [9.17, 15) is 14.7 Å². The van der Waals surface area contributed by atoms with Crippen LogP contribution in [0.2, 0.25) is 0 Å². The maximum atomic E-state index is 13.2. The third-order valence-corrected chi connectivity index (χ3v) is 5.62. The molecule has 178 valence electrons. The average molecular weight is 466 g/mol. The van der Waals surface area contributed by atoms with Crippen molar-refractivity contribution in [3.63, 3.8) is 0 Å². The molecule has 0 saturated carbocycles. The third-order valence-electron chi connectivity index (χ3n) is 5.62. The number of nitrogens with one attached hydrogen (secondary N) is 1. The van der Waals surface area contributed by atoms with Gasteiger partial charge >= 0.3 is 0 Å². The number of hydrogen-bond acceptors (Lipinski definition) is 7. The first-order valence-electron chi connectivity index (χ1n) is 11.1. The van der Waals surface area contributed by atoms with Crippen LogP contribution in [0.25, 0.3) is 11.0 Å². The largest absolute Gasteiger partial charge is 0.464 e. The second kappa shape index (κ2) is 11.1. The van der Waals surface area contributed by atoms with Crippen LogP contribution in [0.1, 0.15) is 29.0 Å². The molecule has 8 heteroatoms. The minimum atomic E-state index is -0.749. The van der Waals surface area contributed by atoms with Gasteiger partial charge < -0.3 is 29.1 Å². The summed E-state index contributed by atoms with van der Waals surface area (Å²) in [5, 5.41) is 12.4. The Morgan fingerprint density at radius 2 is 1.91 bits per heavy atom. The van der Waals surface area contributed by atoms with E-state index >= 15 is 0 Å². The van der Waals surface area contributed by atoms with E-state index < -0.39 is 18.1 Å². The number of para-hydroxylation sites is 1. The number of rotatable bonds is 9. The molecule has 2 N–H and O–H groups in total. The Kier molecular flexibility index (Phi) is 7.74. The van der Waals surface area contributed by atoms with Crippen molar-refractivity contribution in [3.05, 3.63) is 93.5 Å². The van der Waals surface area contributed by atoms with Crippen molar-refractivity contribution in [2.75, 3.05) is 20.3 Å². The highest BCUT2D eigenvalue weighted by Crippen LogP contribution is 2.31. The smallest absolute Gasteiger partial charge is 0.286 e. The molecule has 1 aliphatic heterocycles. The summed E-state index contributed by atoms with van der Waals surface area (Å²) in [6.07, 6.45) is 2.68. The monoisotopic (exact) mass is 465 g/mol. The highest BCUT2D eigenvalue weighted by molar-refractivity contribution is 5.91. The number of fused-ring (bicyclic) bond motifs is 1. The van der Waals surface area contributed by atoms with Crippen LogP contribution >= 0.6 is 0 Å². The van der Waals surface area contributed by atoms with Gasteiger partial charge in [0, 0.05) is 31.6 Å². The molecule has 0 fully saturated rings. The van der Waals surface area contributed by atoms with Crippen LogP contribution in [-0.4, -0.2) is 37.6 Å². The van der Waals surface area contributed by atoms with E-state index in [1.54, 1.807) is 37.5 Å². The number of hydrogen-bond donors (Lipinski definition) is 2. The topological polar surface area (TPSA) is 107 Å². The second-order valence-electron chi connectivity index (χ2n) is 7.97. The molecule has 1 amide bonds. The molecular formula is C26H27NO7. The summed E-state index contributed by atoms with van der Waals surface area (Å²) in [5.74, 6) is -0.757. The molecule has 2 unspecified atom stereocenters. The maximum Gasteiger partial charge on any atom is 0.286 e. The molecule has 3 aromatic rings. The number of carbonyl (C=O) groups excluding carboxylic acids is 1. The second-order valence-corrected chi connectivity index (χ2v) is 7.97. The van der Waals surface area contributed by atoms with Crippen molar-refractivity contribution in [1.29, 1.82) is 0 Å². The van der Waals surface area contributed by atoms with Crippen LogP contribution in [0.4, 0.5) is 0 Å². The van der Waals surface area contributed by atoms with Gasteiger partial charge in [-0.3, -0.25) is 9.59 Å². The lowest BCUT2D eigenvalue weighted by Crippen LogP contribution is -2.34. The van der Waals surface area contributed by atoms with Crippen LogP contribution in [0.5, 0.6) is 0 Å². The summed E-state index contributed by atoms with van der Waals surface area (Å²) >= 11 is 0. The molecule has 2 heterocycles. The van der Waals surface area contributed by atoms with Gasteiger partial charge in [0.2, 0.25) is 6.29 Å². The lowest BCUT2D eigenvalue weighted by atomic mass is 9.93. The Bertz CT molecular complexity index is 1220. The Balaban J connectivity index is 1.57. The van der Waals surface area contributed by atoms with Crippen molar-refractivity contribution >= 4 is 16.9 Å². The van der Waals surface area contributed by atoms with Crippen LogP contribution in [0.15, 0.2) is 75.8 Å². The fourth-order valence-corrected chi connectivity index (χ4v) is 3.77. The molecule has 0 radical (unpaired) electrons. The van der Waals surface area contributed by atoms with Gasteiger partial charge in [-0.2, -0.15) is 0 Å². The molecule has 4 rings (SSSR count). The Morgan fingerprint density at radius 1 is 1.15 bits per heavy atom. The van der Waals surface area contributed by atoms with Crippen LogP contribution < -0.4 is 10.7 Å². The fraction of sp³-hybridized carbons (Fsp3) is 0.308. The maximum absolute atomic E-state index is 13.2. The molecule has 2 aromatic carbocycles. The minimum absolute atomic E-state index is 0.0325. The van der Waals surface area contributed by atoms with Crippen LogP contribution in [-0.2, 0) is 32.2 Å². The van der Waals surface area contributed by atoms with Crippen molar-refractivity contribution in [2.24, 2.45) is 0 Å². The summed E-state index contributed by atoms with van der Waals surface area (Å²) in [5.41, 5.74) is 2.48. The van der Waals surface area contributed by atoms with Crippen molar-refractivity contribution < 1.29 is 28.5 Å². The first-order chi connectivity index (χ1) is 16.6. The first-order valence-corrected chi connectivity index (χ1v) is 11.1. The molecule has 1 aromatic heterocycles. The van der Waals surface area contributed by atoms with E-state index in [-0.39, 0.29) is 24.4 Å². The zero-order valence-corrected chi connectivity index (χ0v) is 18.9. The van der Waals surface area contributed by atoms with Gasteiger partial charge in [-0.25, -0.2) is 0 Å². The number of carbonyl (C=O) groups is 1. The molecule has 8 nitrogen and oxygen atoms in total. The zero-order chi connectivity index (χ0) is 23.9. The number of aliphatic hydroxyl groups is 1. The molecular weight excluding hydrogens is 438 g/mol. The lowest BCUT2D eigenvalue weighted by Gasteiger charge is -2.29. The molecule has 2 atom stereocenters. The number of methoxy groups -OCH3 is 1. The van der Waals surface area contributed by atoms with E-state index in [4.69, 9.17) is 18.6 Å². The first kappa shape index (κ1) is 23.7. The minimum Gasteiger partial charge on any atom is -0.464 e. The van der Waals surface area contributed by atoms with Crippen molar-refractivity contribution in [1.82, 2.24) is 5.32 Å². The molecule has 0 aliphatic carbocycles. The highest BCUT2D eigenvalue weighted by atomic mass is 16.7. The molecule has 0 spiro atoms. The number of amides is 1. The van der Waals surface area contributed by atoms with E-state index in [1.807, 2.05) is 24.3 Å². The molecule has 1 aliphatic rings. The lowest BCUT2D eigenvalue weighted by molar-refractivity contribution is -0.150. The number of aliphatic hydroxyl groups excluding tert-OH is 1. The SMILES string of the molecule is COCCNC(=O)C1=CC(c2coc3ccccc3c2=O)CC(OCc2ccc(CO)cc2)O1. The summed E-state index contributed by atoms with van der Waals surface area (Å²) in [6.45, 7) is 0.894. The van der Waals surface area contributed by atoms with Gasteiger partial charge in [0.05, 0.1) is 31.5 Å². The molecule has 0 bridgehead atoms. The highest BCUT2D eigenvalue weighted by Gasteiger charge is 2.30. The summed E-state index contributed by atoms with van der Waals surface area (Å²) in [4.78, 5) is 25.8. The van der Waals surface area contributed by atoms with Gasteiger partial charge in [0.25, 0.3) is 5.91 Å². The summed E-state index contributed by atoms with van der Waals surface area (Å²) in [7, 11) is 1.55. The van der Waals surface area contributed by atoms with Gasteiger partial charge in [0.1, 0.15) is 5.58 Å². The number of allylic oxidation sites excluding steroid dienone is 1. The predicted molar refractivity (Wildman–Crippen MR) is 125 cm³/mol. The number of ether oxygens (including phenoxy) is 3. The van der Waals surface area contributed by atoms with Gasteiger partial charge in [-0.15, -0.1) is 0 Å². The number of benzene rings is 2. The van der Waals surface area contributed by atoms with E-state index in [0.29, 0.717) is 36.1 Å². The van der Waals surface area contributed by atoms with Gasteiger partial charge in [-0.05, 0) is 29.3 Å². The van der Waals surface area contributed by atoms with Crippen LogP contribution in [0.3, 0.4) is 0 Å². The Morgan fingerprint density at radius 3 is 2.68 bits per heavy atom. The van der Waals surface area contributed by atoms with E-state index in [1.165, 1.54) is 6.26 Å². The Hall–Kier alpha value is -3.46. The normalized spacial score (nSPS) is 17.8. The third kappa shape index (κ3) is 5.53. The predicted octanol–water partition coefficient (Wildman–Crippen LogP) is 2.98. The molecule has 0 saturated heterocycles.